The number of para-hydroxylation sites is 1. The SMILES string of the molecule is O=C(N/N=C\c1cccc2ccccc12)c1cc(-c2cccc3ccccc23)n(-c2ccccc2)n1. The van der Waals surface area contributed by atoms with E-state index in [-0.39, 0.29) is 11.6 Å². The first-order chi connectivity index (χ1) is 17.8. The van der Waals surface area contributed by atoms with Gasteiger partial charge in [-0.2, -0.15) is 10.2 Å². The molecule has 0 bridgehead atoms. The molecule has 36 heavy (non-hydrogen) atoms. The van der Waals surface area contributed by atoms with E-state index in [1.54, 1.807) is 6.21 Å². The highest BCUT2D eigenvalue weighted by molar-refractivity contribution is 6.01. The van der Waals surface area contributed by atoms with Crippen LogP contribution in [0, 0.1) is 0 Å². The monoisotopic (exact) mass is 466 g/mol. The molecule has 6 rings (SSSR count). The van der Waals surface area contributed by atoms with Crippen molar-refractivity contribution < 1.29 is 4.79 Å². The van der Waals surface area contributed by atoms with Gasteiger partial charge >= 0.3 is 0 Å². The van der Waals surface area contributed by atoms with Crippen molar-refractivity contribution in [1.29, 1.82) is 0 Å². The van der Waals surface area contributed by atoms with Crippen LogP contribution < -0.4 is 5.43 Å². The third kappa shape index (κ3) is 4.03. The zero-order valence-corrected chi connectivity index (χ0v) is 19.4. The van der Waals surface area contributed by atoms with Gasteiger partial charge in [0, 0.05) is 11.1 Å². The molecule has 5 heteroatoms. The molecule has 1 N–H and O–H groups in total. The lowest BCUT2D eigenvalue weighted by atomic mass is 10.0. The fourth-order valence-corrected chi connectivity index (χ4v) is 4.48. The van der Waals surface area contributed by atoms with Gasteiger partial charge in [0.05, 0.1) is 17.6 Å². The molecular weight excluding hydrogens is 444 g/mol. The van der Waals surface area contributed by atoms with E-state index < -0.39 is 0 Å². The van der Waals surface area contributed by atoms with Crippen LogP contribution in [0.15, 0.2) is 126 Å². The maximum atomic E-state index is 13.1. The van der Waals surface area contributed by atoms with Gasteiger partial charge in [0.25, 0.3) is 5.91 Å². The van der Waals surface area contributed by atoms with E-state index in [1.165, 1.54) is 0 Å². The van der Waals surface area contributed by atoms with Crippen LogP contribution in [0.2, 0.25) is 0 Å². The van der Waals surface area contributed by atoms with Gasteiger partial charge in [-0.25, -0.2) is 10.1 Å². The number of fused-ring (bicyclic) bond motifs is 2. The number of hydrogen-bond acceptors (Lipinski definition) is 3. The molecule has 1 heterocycles. The summed E-state index contributed by atoms with van der Waals surface area (Å²) in [5.74, 6) is -0.373. The minimum Gasteiger partial charge on any atom is -0.265 e. The highest BCUT2D eigenvalue weighted by Gasteiger charge is 2.18. The molecule has 0 aliphatic heterocycles. The third-order valence-electron chi connectivity index (χ3n) is 6.20. The van der Waals surface area contributed by atoms with Gasteiger partial charge in [-0.1, -0.05) is 103 Å². The first kappa shape index (κ1) is 21.5. The second-order valence-corrected chi connectivity index (χ2v) is 8.46. The Bertz CT molecular complexity index is 1720. The number of amides is 1. The van der Waals surface area contributed by atoms with Crippen molar-refractivity contribution >= 4 is 33.7 Å². The van der Waals surface area contributed by atoms with Gasteiger partial charge in [0.2, 0.25) is 0 Å². The molecule has 0 radical (unpaired) electrons. The predicted molar refractivity (Wildman–Crippen MR) is 146 cm³/mol. The first-order valence-corrected chi connectivity index (χ1v) is 11.7. The Balaban J connectivity index is 1.37. The van der Waals surface area contributed by atoms with Gasteiger partial charge in [0.1, 0.15) is 0 Å². The fourth-order valence-electron chi connectivity index (χ4n) is 4.48. The van der Waals surface area contributed by atoms with E-state index in [0.717, 1.165) is 44.1 Å². The number of benzene rings is 5. The topological polar surface area (TPSA) is 59.3 Å². The lowest BCUT2D eigenvalue weighted by Gasteiger charge is -2.10. The second kappa shape index (κ2) is 9.31. The maximum Gasteiger partial charge on any atom is 0.291 e. The molecule has 0 atom stereocenters. The Kier molecular flexibility index (Phi) is 5.56. The number of nitrogens with zero attached hydrogens (tertiary/aromatic N) is 3. The third-order valence-corrected chi connectivity index (χ3v) is 6.20. The van der Waals surface area contributed by atoms with Crippen molar-refractivity contribution in [2.24, 2.45) is 5.10 Å². The van der Waals surface area contributed by atoms with Gasteiger partial charge in [-0.05, 0) is 39.7 Å². The zero-order chi connectivity index (χ0) is 24.3. The summed E-state index contributed by atoms with van der Waals surface area (Å²) in [6.45, 7) is 0. The molecular formula is C31H22N4O. The number of carbonyl (C=O) groups excluding carboxylic acids is 1. The molecule has 0 spiro atoms. The molecule has 1 aromatic heterocycles. The van der Waals surface area contributed by atoms with E-state index in [4.69, 9.17) is 0 Å². The number of rotatable bonds is 5. The summed E-state index contributed by atoms with van der Waals surface area (Å²) in [6.07, 6.45) is 1.67. The van der Waals surface area contributed by atoms with Crippen LogP contribution in [0.3, 0.4) is 0 Å². The molecule has 0 saturated heterocycles. The Labute approximate surface area is 208 Å². The highest BCUT2D eigenvalue weighted by Crippen LogP contribution is 2.31. The highest BCUT2D eigenvalue weighted by atomic mass is 16.2. The molecule has 0 fully saturated rings. The summed E-state index contributed by atoms with van der Waals surface area (Å²) >= 11 is 0. The summed E-state index contributed by atoms with van der Waals surface area (Å²) in [7, 11) is 0. The summed E-state index contributed by atoms with van der Waals surface area (Å²) in [6, 6.07) is 40.1. The number of carbonyl (C=O) groups is 1. The smallest absolute Gasteiger partial charge is 0.265 e. The average molecular weight is 467 g/mol. The molecule has 5 nitrogen and oxygen atoms in total. The van der Waals surface area contributed by atoms with Crippen LogP contribution in [-0.2, 0) is 0 Å². The van der Waals surface area contributed by atoms with E-state index in [2.05, 4.69) is 52.0 Å². The molecule has 5 aromatic carbocycles. The minimum absolute atomic E-state index is 0.289. The summed E-state index contributed by atoms with van der Waals surface area (Å²) in [5, 5.41) is 13.3. The fraction of sp³-hybridized carbons (Fsp3) is 0. The molecule has 6 aromatic rings. The van der Waals surface area contributed by atoms with E-state index >= 15 is 0 Å². The van der Waals surface area contributed by atoms with Crippen molar-refractivity contribution in [3.63, 3.8) is 0 Å². The van der Waals surface area contributed by atoms with Crippen LogP contribution >= 0.6 is 0 Å². The van der Waals surface area contributed by atoms with Crippen molar-refractivity contribution in [3.05, 3.63) is 133 Å². The van der Waals surface area contributed by atoms with E-state index in [1.807, 2.05) is 89.6 Å². The summed E-state index contributed by atoms with van der Waals surface area (Å²) in [4.78, 5) is 13.1. The lowest BCUT2D eigenvalue weighted by Crippen LogP contribution is -2.18. The van der Waals surface area contributed by atoms with Crippen LogP contribution in [0.4, 0.5) is 0 Å². The van der Waals surface area contributed by atoms with Crippen LogP contribution in [0.25, 0.3) is 38.5 Å². The largest absolute Gasteiger partial charge is 0.291 e. The number of hydrogen-bond donors (Lipinski definition) is 1. The van der Waals surface area contributed by atoms with E-state index in [9.17, 15) is 4.79 Å². The molecule has 0 unspecified atom stereocenters. The predicted octanol–water partition coefficient (Wildman–Crippen LogP) is 6.61. The van der Waals surface area contributed by atoms with Crippen LogP contribution in [0.1, 0.15) is 16.1 Å². The van der Waals surface area contributed by atoms with Gasteiger partial charge < -0.3 is 0 Å². The normalized spacial score (nSPS) is 11.3. The Morgan fingerprint density at radius 2 is 1.36 bits per heavy atom. The second-order valence-electron chi connectivity index (χ2n) is 8.46. The Hall–Kier alpha value is -5.03. The number of nitrogens with one attached hydrogen (secondary N) is 1. The molecule has 1 amide bonds. The van der Waals surface area contributed by atoms with E-state index in [0.29, 0.717) is 0 Å². The molecule has 172 valence electrons. The minimum atomic E-state index is -0.373. The van der Waals surface area contributed by atoms with Gasteiger partial charge in [0.15, 0.2) is 5.69 Å². The van der Waals surface area contributed by atoms with Crippen LogP contribution in [0.5, 0.6) is 0 Å². The molecule has 0 saturated carbocycles. The zero-order valence-electron chi connectivity index (χ0n) is 19.4. The van der Waals surface area contributed by atoms with Gasteiger partial charge in [-0.3, -0.25) is 4.79 Å². The Morgan fingerprint density at radius 3 is 2.17 bits per heavy atom. The van der Waals surface area contributed by atoms with Crippen LogP contribution in [-0.4, -0.2) is 21.9 Å². The quantitative estimate of drug-likeness (QED) is 0.230. The maximum absolute atomic E-state index is 13.1. The standard InChI is InChI=1S/C31H22N4O/c36-31(33-32-21-24-14-8-12-22-10-4-6-17-26(22)24)29-20-30(35(34-29)25-15-2-1-3-16-25)28-19-9-13-23-11-5-7-18-27(23)28/h1-21H,(H,33,36)/b32-21-. The number of hydrazone groups is 1. The molecule has 0 aliphatic carbocycles. The van der Waals surface area contributed by atoms with Crippen molar-refractivity contribution in [2.75, 3.05) is 0 Å². The average Bonchev–Trinajstić information content (AvgIpc) is 3.39. The Morgan fingerprint density at radius 1 is 0.722 bits per heavy atom. The van der Waals surface area contributed by atoms with Crippen molar-refractivity contribution in [1.82, 2.24) is 15.2 Å². The molecule has 0 aliphatic rings. The van der Waals surface area contributed by atoms with Crippen molar-refractivity contribution in [3.8, 4) is 16.9 Å². The number of aromatic nitrogens is 2. The lowest BCUT2D eigenvalue weighted by molar-refractivity contribution is 0.0949. The first-order valence-electron chi connectivity index (χ1n) is 11.7. The summed E-state index contributed by atoms with van der Waals surface area (Å²) in [5.41, 5.74) is 6.58. The van der Waals surface area contributed by atoms with Gasteiger partial charge in [-0.15, -0.1) is 0 Å². The van der Waals surface area contributed by atoms with Crippen molar-refractivity contribution in [2.45, 2.75) is 0 Å². The summed E-state index contributed by atoms with van der Waals surface area (Å²) < 4.78 is 1.81.